The van der Waals surface area contributed by atoms with Gasteiger partial charge in [0, 0.05) is 18.6 Å². The summed E-state index contributed by atoms with van der Waals surface area (Å²) in [5, 5.41) is 21.8. The van der Waals surface area contributed by atoms with Crippen molar-refractivity contribution < 1.29 is 24.5 Å². The van der Waals surface area contributed by atoms with E-state index in [1.807, 2.05) is 6.07 Å². The molecule has 0 aliphatic heterocycles. The van der Waals surface area contributed by atoms with Gasteiger partial charge in [-0.15, -0.1) is 0 Å². The Kier molecular flexibility index (Phi) is 5.63. The van der Waals surface area contributed by atoms with E-state index in [2.05, 4.69) is 5.32 Å². The Labute approximate surface area is 130 Å². The first-order valence-electron chi connectivity index (χ1n) is 7.36. The van der Waals surface area contributed by atoms with Crippen molar-refractivity contribution in [1.82, 2.24) is 5.32 Å². The van der Waals surface area contributed by atoms with Gasteiger partial charge in [-0.25, -0.2) is 0 Å². The highest BCUT2D eigenvalue weighted by Gasteiger charge is 2.33. The van der Waals surface area contributed by atoms with Crippen molar-refractivity contribution in [2.75, 3.05) is 20.8 Å². The number of amides is 1. The molecule has 6 heteroatoms. The molecule has 3 N–H and O–H groups in total. The molecule has 122 valence electrons. The van der Waals surface area contributed by atoms with Gasteiger partial charge in [0.2, 0.25) is 5.91 Å². The van der Waals surface area contributed by atoms with Gasteiger partial charge in [0.05, 0.1) is 26.7 Å². The van der Waals surface area contributed by atoms with Crippen molar-refractivity contribution in [3.05, 3.63) is 23.8 Å². The Morgan fingerprint density at radius 3 is 2.59 bits per heavy atom. The Bertz CT molecular complexity index is 519. The number of methoxy groups -OCH3 is 2. The SMILES string of the molecule is COc1ccc(CC(=O)N[C@@H]2C[C@H](CO)[C@H](O)C2)cc1OC. The molecular weight excluding hydrogens is 286 g/mol. The summed E-state index contributed by atoms with van der Waals surface area (Å²) in [5.41, 5.74) is 0.826. The first-order chi connectivity index (χ1) is 10.6. The Morgan fingerprint density at radius 1 is 1.27 bits per heavy atom. The summed E-state index contributed by atoms with van der Waals surface area (Å²) < 4.78 is 10.4. The smallest absolute Gasteiger partial charge is 0.224 e. The van der Waals surface area contributed by atoms with E-state index in [9.17, 15) is 9.90 Å². The highest BCUT2D eigenvalue weighted by atomic mass is 16.5. The molecule has 22 heavy (non-hydrogen) atoms. The highest BCUT2D eigenvalue weighted by Crippen LogP contribution is 2.28. The standard InChI is InChI=1S/C16H23NO5/c1-21-14-4-3-10(5-15(14)22-2)6-16(20)17-12-7-11(9-18)13(19)8-12/h3-5,11-13,18-19H,6-9H2,1-2H3,(H,17,20)/t11-,12-,13-/m1/s1. The van der Waals surface area contributed by atoms with Crippen molar-refractivity contribution in [3.63, 3.8) is 0 Å². The van der Waals surface area contributed by atoms with E-state index in [1.54, 1.807) is 26.4 Å². The number of hydrogen-bond donors (Lipinski definition) is 3. The summed E-state index contributed by atoms with van der Waals surface area (Å²) in [5.74, 6) is 0.954. The van der Waals surface area contributed by atoms with Crippen LogP contribution in [0.1, 0.15) is 18.4 Å². The molecule has 6 nitrogen and oxygen atoms in total. The second kappa shape index (κ2) is 7.47. The lowest BCUT2D eigenvalue weighted by atomic mass is 10.1. The molecule has 0 aromatic heterocycles. The zero-order valence-corrected chi connectivity index (χ0v) is 12.9. The highest BCUT2D eigenvalue weighted by molar-refractivity contribution is 5.79. The van der Waals surface area contributed by atoms with Gasteiger partial charge in [-0.3, -0.25) is 4.79 Å². The van der Waals surface area contributed by atoms with E-state index in [0.717, 1.165) is 5.56 Å². The lowest BCUT2D eigenvalue weighted by Gasteiger charge is -2.13. The predicted octanol–water partition coefficient (Wildman–Crippen LogP) is 0.494. The summed E-state index contributed by atoms with van der Waals surface area (Å²) in [4.78, 5) is 12.1. The van der Waals surface area contributed by atoms with Crippen LogP contribution in [0, 0.1) is 5.92 Å². The van der Waals surface area contributed by atoms with E-state index in [-0.39, 0.29) is 30.9 Å². The van der Waals surface area contributed by atoms with Gasteiger partial charge < -0.3 is 25.0 Å². The zero-order valence-electron chi connectivity index (χ0n) is 12.9. The van der Waals surface area contributed by atoms with Gasteiger partial charge in [-0.05, 0) is 30.5 Å². The van der Waals surface area contributed by atoms with Crippen LogP contribution in [0.5, 0.6) is 11.5 Å². The third-order valence-electron chi connectivity index (χ3n) is 4.07. The number of carbonyl (C=O) groups excluding carboxylic acids is 1. The lowest BCUT2D eigenvalue weighted by Crippen LogP contribution is -2.34. The van der Waals surface area contributed by atoms with Crippen molar-refractivity contribution in [2.24, 2.45) is 5.92 Å². The van der Waals surface area contributed by atoms with Gasteiger partial charge in [0.1, 0.15) is 0 Å². The molecule has 0 radical (unpaired) electrons. The molecule has 0 spiro atoms. The Balaban J connectivity index is 1.92. The fourth-order valence-corrected chi connectivity index (χ4v) is 2.87. The number of nitrogens with one attached hydrogen (secondary N) is 1. The van der Waals surface area contributed by atoms with Crippen LogP contribution < -0.4 is 14.8 Å². The number of hydrogen-bond acceptors (Lipinski definition) is 5. The summed E-state index contributed by atoms with van der Waals surface area (Å²) in [6, 6.07) is 5.28. The molecule has 1 aliphatic carbocycles. The first-order valence-corrected chi connectivity index (χ1v) is 7.36. The van der Waals surface area contributed by atoms with Crippen molar-refractivity contribution in [1.29, 1.82) is 0 Å². The molecule has 3 atom stereocenters. The van der Waals surface area contributed by atoms with Gasteiger partial charge >= 0.3 is 0 Å². The van der Waals surface area contributed by atoms with Crippen LogP contribution in [0.25, 0.3) is 0 Å². The number of ether oxygens (including phenoxy) is 2. The molecule has 0 heterocycles. The maximum Gasteiger partial charge on any atom is 0.224 e. The molecule has 1 aromatic carbocycles. The van der Waals surface area contributed by atoms with E-state index in [0.29, 0.717) is 24.3 Å². The number of rotatable bonds is 6. The molecule has 1 aliphatic rings. The first kappa shape index (κ1) is 16.6. The molecule has 1 amide bonds. The minimum absolute atomic E-state index is 0.0524. The minimum Gasteiger partial charge on any atom is -0.493 e. The summed E-state index contributed by atoms with van der Waals surface area (Å²) in [6.07, 6.45) is 0.783. The minimum atomic E-state index is -0.545. The zero-order chi connectivity index (χ0) is 16.1. The maximum absolute atomic E-state index is 12.1. The molecule has 2 rings (SSSR count). The van der Waals surface area contributed by atoms with Crippen LogP contribution in [-0.2, 0) is 11.2 Å². The molecule has 1 saturated carbocycles. The number of aliphatic hydroxyl groups is 2. The van der Waals surface area contributed by atoms with Gasteiger partial charge in [-0.2, -0.15) is 0 Å². The van der Waals surface area contributed by atoms with E-state index < -0.39 is 6.10 Å². The average molecular weight is 309 g/mol. The number of benzene rings is 1. The van der Waals surface area contributed by atoms with E-state index >= 15 is 0 Å². The maximum atomic E-state index is 12.1. The van der Waals surface area contributed by atoms with Crippen LogP contribution in [0.2, 0.25) is 0 Å². The fourth-order valence-electron chi connectivity index (χ4n) is 2.87. The lowest BCUT2D eigenvalue weighted by molar-refractivity contribution is -0.121. The van der Waals surface area contributed by atoms with Crippen molar-refractivity contribution in [3.8, 4) is 11.5 Å². The monoisotopic (exact) mass is 309 g/mol. The summed E-state index contributed by atoms with van der Waals surface area (Å²) in [6.45, 7) is -0.0524. The van der Waals surface area contributed by atoms with E-state index in [4.69, 9.17) is 14.6 Å². The molecule has 0 unspecified atom stereocenters. The Morgan fingerprint density at radius 2 is 2.00 bits per heavy atom. The second-order valence-corrected chi connectivity index (χ2v) is 5.61. The third kappa shape index (κ3) is 3.90. The van der Waals surface area contributed by atoms with Crippen LogP contribution >= 0.6 is 0 Å². The molecule has 1 aromatic rings. The topological polar surface area (TPSA) is 88.0 Å². The van der Waals surface area contributed by atoms with Crippen LogP contribution in [0.3, 0.4) is 0 Å². The van der Waals surface area contributed by atoms with Gasteiger partial charge in [-0.1, -0.05) is 6.07 Å². The van der Waals surface area contributed by atoms with Crippen molar-refractivity contribution in [2.45, 2.75) is 31.4 Å². The number of carbonyl (C=O) groups is 1. The normalized spacial score (nSPS) is 24.1. The quantitative estimate of drug-likeness (QED) is 0.712. The predicted molar refractivity (Wildman–Crippen MR) is 81.0 cm³/mol. The molecule has 0 bridgehead atoms. The van der Waals surface area contributed by atoms with Gasteiger partial charge in [0.25, 0.3) is 0 Å². The molecule has 1 fully saturated rings. The van der Waals surface area contributed by atoms with Gasteiger partial charge in [0.15, 0.2) is 11.5 Å². The largest absolute Gasteiger partial charge is 0.493 e. The number of aliphatic hydroxyl groups excluding tert-OH is 2. The van der Waals surface area contributed by atoms with Crippen LogP contribution in [0.15, 0.2) is 18.2 Å². The second-order valence-electron chi connectivity index (χ2n) is 5.61. The molecule has 0 saturated heterocycles. The van der Waals surface area contributed by atoms with Crippen LogP contribution in [0.4, 0.5) is 0 Å². The van der Waals surface area contributed by atoms with E-state index in [1.165, 1.54) is 0 Å². The average Bonchev–Trinajstić information content (AvgIpc) is 2.86. The summed E-state index contributed by atoms with van der Waals surface area (Å²) >= 11 is 0. The Hall–Kier alpha value is -1.79. The summed E-state index contributed by atoms with van der Waals surface area (Å²) in [7, 11) is 3.11. The fraction of sp³-hybridized carbons (Fsp3) is 0.562. The van der Waals surface area contributed by atoms with Crippen molar-refractivity contribution >= 4 is 5.91 Å². The third-order valence-corrected chi connectivity index (χ3v) is 4.07. The molecular formula is C16H23NO5. The van der Waals surface area contributed by atoms with Crippen LogP contribution in [-0.4, -0.2) is 49.1 Å².